The summed E-state index contributed by atoms with van der Waals surface area (Å²) in [5.41, 5.74) is 2.33. The van der Waals surface area contributed by atoms with Gasteiger partial charge in [0.1, 0.15) is 21.5 Å². The number of nitrogens with one attached hydrogen (secondary N) is 1. The van der Waals surface area contributed by atoms with Crippen LogP contribution in [-0.4, -0.2) is 72.8 Å². The first-order valence-electron chi connectivity index (χ1n) is 13.0. The summed E-state index contributed by atoms with van der Waals surface area (Å²) in [6.07, 6.45) is 5.54. The van der Waals surface area contributed by atoms with Crippen molar-refractivity contribution in [2.24, 2.45) is 11.8 Å². The second-order valence-corrected chi connectivity index (χ2v) is 13.1. The lowest BCUT2D eigenvalue weighted by Crippen LogP contribution is -2.49. The number of aliphatic hydroxyl groups is 1. The van der Waals surface area contributed by atoms with Crippen LogP contribution >= 0.6 is 0 Å². The Morgan fingerprint density at radius 1 is 1.05 bits per heavy atom. The minimum Gasteiger partial charge on any atom is -0.393 e. The van der Waals surface area contributed by atoms with Crippen LogP contribution in [0.25, 0.3) is 10.8 Å². The zero-order valence-corrected chi connectivity index (χ0v) is 22.7. The molecule has 1 unspecified atom stereocenters. The second-order valence-electron chi connectivity index (χ2n) is 10.9. The first-order chi connectivity index (χ1) is 17.6. The van der Waals surface area contributed by atoms with Crippen molar-refractivity contribution in [3.8, 4) is 0 Å². The van der Waals surface area contributed by atoms with E-state index in [1.54, 1.807) is 6.20 Å². The average molecular weight is 525 g/mol. The first-order valence-corrected chi connectivity index (χ1v) is 15.0. The monoisotopic (exact) mass is 524 g/mol. The number of nitrogens with zero attached hydrogens (tertiary/aromatic N) is 5. The number of rotatable bonds is 8. The Kier molecular flexibility index (Phi) is 6.97. The van der Waals surface area contributed by atoms with E-state index in [0.29, 0.717) is 23.5 Å². The van der Waals surface area contributed by atoms with E-state index >= 15 is 0 Å². The molecule has 0 amide bonds. The molecule has 0 bridgehead atoms. The molecule has 2 atom stereocenters. The van der Waals surface area contributed by atoms with E-state index < -0.39 is 9.84 Å². The highest BCUT2D eigenvalue weighted by atomic mass is 32.2. The largest absolute Gasteiger partial charge is 0.393 e. The van der Waals surface area contributed by atoms with Crippen molar-refractivity contribution in [3.63, 3.8) is 0 Å². The van der Waals surface area contributed by atoms with Gasteiger partial charge in [0.05, 0.1) is 11.9 Å². The van der Waals surface area contributed by atoms with E-state index in [2.05, 4.69) is 52.1 Å². The fourth-order valence-electron chi connectivity index (χ4n) is 5.46. The molecule has 4 heterocycles. The van der Waals surface area contributed by atoms with Crippen LogP contribution in [-0.2, 0) is 9.84 Å². The van der Waals surface area contributed by atoms with E-state index in [0.717, 1.165) is 49.1 Å². The fourth-order valence-corrected chi connectivity index (χ4v) is 6.53. The summed E-state index contributed by atoms with van der Waals surface area (Å²) in [7, 11) is -2.97. The molecule has 2 N–H and O–H groups in total. The van der Waals surface area contributed by atoms with Gasteiger partial charge >= 0.3 is 0 Å². The number of anilines is 4. The number of fused-ring (bicyclic) bond motifs is 1. The smallest absolute Gasteiger partial charge is 0.227 e. The molecule has 3 aromatic rings. The molecule has 2 aromatic heterocycles. The van der Waals surface area contributed by atoms with Gasteiger partial charge in [-0.1, -0.05) is 19.9 Å². The highest BCUT2D eigenvalue weighted by Crippen LogP contribution is 2.37. The lowest BCUT2D eigenvalue weighted by Gasteiger charge is -2.41. The molecule has 2 aliphatic rings. The van der Waals surface area contributed by atoms with Crippen LogP contribution in [0.4, 0.5) is 23.3 Å². The van der Waals surface area contributed by atoms with Gasteiger partial charge in [-0.3, -0.25) is 0 Å². The molecule has 9 nitrogen and oxygen atoms in total. The Morgan fingerprint density at radius 2 is 1.84 bits per heavy atom. The summed E-state index contributed by atoms with van der Waals surface area (Å²) < 4.78 is 23.4. The Bertz CT molecular complexity index is 1390. The number of hydrogen-bond donors (Lipinski definition) is 2. The highest BCUT2D eigenvalue weighted by Gasteiger charge is 2.31. The average Bonchev–Trinajstić information content (AvgIpc) is 3.31. The van der Waals surface area contributed by atoms with E-state index in [-0.39, 0.29) is 23.7 Å². The second kappa shape index (κ2) is 10.1. The molecule has 2 saturated heterocycles. The minimum absolute atomic E-state index is 0.169. The molecule has 0 saturated carbocycles. The molecule has 0 spiro atoms. The topological polar surface area (TPSA) is 112 Å². The van der Waals surface area contributed by atoms with Crippen LogP contribution in [0, 0.1) is 11.8 Å². The summed E-state index contributed by atoms with van der Waals surface area (Å²) >= 11 is 0. The maximum absolute atomic E-state index is 11.7. The van der Waals surface area contributed by atoms with Gasteiger partial charge in [-0.25, -0.2) is 18.4 Å². The maximum Gasteiger partial charge on any atom is 0.227 e. The van der Waals surface area contributed by atoms with E-state index in [1.165, 1.54) is 11.8 Å². The van der Waals surface area contributed by atoms with Gasteiger partial charge < -0.3 is 20.2 Å². The predicted octanol–water partition coefficient (Wildman–Crippen LogP) is 3.58. The third-order valence-electron chi connectivity index (χ3n) is 7.46. The number of sulfone groups is 1. The number of pyridine rings is 1. The summed E-state index contributed by atoms with van der Waals surface area (Å²) in [6, 6.07) is 8.21. The predicted molar refractivity (Wildman–Crippen MR) is 149 cm³/mol. The molecule has 37 heavy (non-hydrogen) atoms. The molecule has 10 heteroatoms. The van der Waals surface area contributed by atoms with Crippen LogP contribution in [0.1, 0.15) is 38.7 Å². The van der Waals surface area contributed by atoms with Crippen LogP contribution in [0.15, 0.2) is 36.7 Å². The third-order valence-corrected chi connectivity index (χ3v) is 8.54. The van der Waals surface area contributed by atoms with E-state index in [1.807, 2.05) is 19.2 Å². The van der Waals surface area contributed by atoms with Crippen LogP contribution in [0.2, 0.25) is 0 Å². The van der Waals surface area contributed by atoms with Gasteiger partial charge in [-0.05, 0) is 48.4 Å². The van der Waals surface area contributed by atoms with Crippen LogP contribution in [0.3, 0.4) is 0 Å². The van der Waals surface area contributed by atoms with Crippen molar-refractivity contribution >= 4 is 43.9 Å². The van der Waals surface area contributed by atoms with Crippen LogP contribution in [0.5, 0.6) is 0 Å². The lowest BCUT2D eigenvalue weighted by molar-refractivity contribution is 0.136. The normalized spacial score (nSPS) is 19.5. The summed E-state index contributed by atoms with van der Waals surface area (Å²) in [5.74, 6) is 3.00. The maximum atomic E-state index is 11.7. The standard InChI is InChI=1S/C27H36N6O3S/c1-17(2)21-5-6-24(33-13-19(14-33)16-37(4,35)36)23-12-29-26(11-22(21)23)30-25-7-9-28-27(31-25)32-10-8-20(15-32)18(3)34/h5-7,9,11-12,17-20,34H,8,10,13-16H2,1-4H3,(H,28,29,30,31)/t18-,20?/m1/s1. The van der Waals surface area contributed by atoms with Gasteiger partial charge in [0.2, 0.25) is 5.95 Å². The Balaban J connectivity index is 1.38. The van der Waals surface area contributed by atoms with Gasteiger partial charge in [0, 0.05) is 67.7 Å². The van der Waals surface area contributed by atoms with Crippen molar-refractivity contribution in [1.82, 2.24) is 15.0 Å². The lowest BCUT2D eigenvalue weighted by atomic mass is 9.93. The Labute approximate surface area is 218 Å². The molecular formula is C27H36N6O3S. The summed E-state index contributed by atoms with van der Waals surface area (Å²) in [6.45, 7) is 9.25. The van der Waals surface area contributed by atoms with Crippen molar-refractivity contribution in [1.29, 1.82) is 0 Å². The number of benzene rings is 1. The molecule has 5 rings (SSSR count). The Hall–Kier alpha value is -2.98. The van der Waals surface area contributed by atoms with Crippen molar-refractivity contribution in [2.75, 3.05) is 53.3 Å². The van der Waals surface area contributed by atoms with Gasteiger partial charge in [0.25, 0.3) is 0 Å². The molecule has 0 aliphatic carbocycles. The number of aromatic nitrogens is 3. The molecule has 2 fully saturated rings. The number of hydrogen-bond acceptors (Lipinski definition) is 9. The van der Waals surface area contributed by atoms with E-state index in [9.17, 15) is 13.5 Å². The Morgan fingerprint density at radius 3 is 2.51 bits per heavy atom. The van der Waals surface area contributed by atoms with Gasteiger partial charge in [-0.2, -0.15) is 4.98 Å². The van der Waals surface area contributed by atoms with Crippen molar-refractivity contribution in [2.45, 2.75) is 39.2 Å². The molecular weight excluding hydrogens is 488 g/mol. The quantitative estimate of drug-likeness (QED) is 0.457. The summed E-state index contributed by atoms with van der Waals surface area (Å²) in [4.78, 5) is 18.2. The van der Waals surface area contributed by atoms with E-state index in [4.69, 9.17) is 9.97 Å². The number of aliphatic hydroxyl groups excluding tert-OH is 1. The highest BCUT2D eigenvalue weighted by molar-refractivity contribution is 7.90. The van der Waals surface area contributed by atoms with Crippen molar-refractivity contribution in [3.05, 3.63) is 42.2 Å². The van der Waals surface area contributed by atoms with Crippen molar-refractivity contribution < 1.29 is 13.5 Å². The third kappa shape index (κ3) is 5.65. The molecule has 0 radical (unpaired) electrons. The zero-order valence-electron chi connectivity index (χ0n) is 21.9. The zero-order chi connectivity index (χ0) is 26.3. The molecule has 2 aliphatic heterocycles. The SMILES string of the molecule is CC(C)c1ccc(N2CC(CS(C)(=O)=O)C2)c2cnc(Nc3ccnc(N4CCC([C@@H](C)O)C4)n3)cc12. The minimum atomic E-state index is -2.97. The fraction of sp³-hybridized carbons (Fsp3) is 0.519. The van der Waals surface area contributed by atoms with Gasteiger partial charge in [-0.15, -0.1) is 0 Å². The first kappa shape index (κ1) is 25.7. The van der Waals surface area contributed by atoms with Gasteiger partial charge in [0.15, 0.2) is 0 Å². The van der Waals surface area contributed by atoms with Crippen LogP contribution < -0.4 is 15.1 Å². The molecule has 198 valence electrons. The summed E-state index contributed by atoms with van der Waals surface area (Å²) in [5, 5.41) is 15.5. The molecule has 1 aromatic carbocycles.